The predicted molar refractivity (Wildman–Crippen MR) is 103 cm³/mol. The molecule has 3 aromatic rings. The highest BCUT2D eigenvalue weighted by Gasteiger charge is 2.19. The average Bonchev–Trinajstić information content (AvgIpc) is 3.13. The lowest BCUT2D eigenvalue weighted by molar-refractivity contribution is 0.101. The van der Waals surface area contributed by atoms with Crippen molar-refractivity contribution in [2.45, 2.75) is 26.2 Å². The molecule has 2 aromatic carbocycles. The first-order valence-electron chi connectivity index (χ1n) is 8.96. The number of ether oxygens (including phenoxy) is 3. The number of nitrogens with zero attached hydrogens (tertiary/aromatic N) is 1. The summed E-state index contributed by atoms with van der Waals surface area (Å²) < 4.78 is 17.0. The molecule has 0 N–H and O–H groups in total. The smallest absolute Gasteiger partial charge is 0.163 e. The van der Waals surface area contributed by atoms with Crippen molar-refractivity contribution in [3.05, 3.63) is 53.2 Å². The fourth-order valence-electron chi connectivity index (χ4n) is 3.62. The van der Waals surface area contributed by atoms with Crippen LogP contribution in [0.4, 0.5) is 0 Å². The van der Waals surface area contributed by atoms with Crippen LogP contribution in [0.15, 0.2) is 36.5 Å². The summed E-state index contributed by atoms with van der Waals surface area (Å²) >= 11 is 0. The van der Waals surface area contributed by atoms with E-state index in [1.165, 1.54) is 11.1 Å². The van der Waals surface area contributed by atoms with Crippen LogP contribution in [0.5, 0.6) is 23.0 Å². The SMILES string of the molecule is COc1cc2nccc(Oc3cc4c(cc3C(C)=O)CCC4)c2cc1OC. The number of methoxy groups -OCH3 is 2. The second-order valence-corrected chi connectivity index (χ2v) is 6.66. The van der Waals surface area contributed by atoms with Crippen molar-refractivity contribution in [1.82, 2.24) is 4.98 Å². The van der Waals surface area contributed by atoms with E-state index in [4.69, 9.17) is 14.2 Å². The fourth-order valence-corrected chi connectivity index (χ4v) is 3.62. The quantitative estimate of drug-likeness (QED) is 0.613. The third-order valence-electron chi connectivity index (χ3n) is 5.00. The summed E-state index contributed by atoms with van der Waals surface area (Å²) in [5, 5.41) is 0.796. The molecule has 5 heteroatoms. The molecule has 0 saturated carbocycles. The van der Waals surface area contributed by atoms with Gasteiger partial charge in [0.25, 0.3) is 0 Å². The van der Waals surface area contributed by atoms with Gasteiger partial charge < -0.3 is 14.2 Å². The van der Waals surface area contributed by atoms with Crippen LogP contribution in [-0.2, 0) is 12.8 Å². The van der Waals surface area contributed by atoms with Gasteiger partial charge >= 0.3 is 0 Å². The van der Waals surface area contributed by atoms with Gasteiger partial charge in [0.1, 0.15) is 11.5 Å². The van der Waals surface area contributed by atoms with Crippen LogP contribution in [0.2, 0.25) is 0 Å². The Kier molecular flexibility index (Phi) is 4.44. The molecule has 0 unspecified atom stereocenters. The van der Waals surface area contributed by atoms with Gasteiger partial charge in [0, 0.05) is 17.6 Å². The highest BCUT2D eigenvalue weighted by atomic mass is 16.5. The Morgan fingerprint density at radius 1 is 0.926 bits per heavy atom. The molecule has 0 radical (unpaired) electrons. The highest BCUT2D eigenvalue weighted by molar-refractivity contribution is 5.97. The van der Waals surface area contributed by atoms with E-state index < -0.39 is 0 Å². The molecule has 0 saturated heterocycles. The third kappa shape index (κ3) is 3.10. The average molecular weight is 363 g/mol. The standard InChI is InChI=1S/C22H21NO4/c1-13(24)16-9-14-5-4-6-15(14)10-20(16)27-19-7-8-23-18-12-22(26-3)21(25-2)11-17(18)19/h7-12H,4-6H2,1-3H3. The van der Waals surface area contributed by atoms with Gasteiger partial charge in [0.15, 0.2) is 17.3 Å². The van der Waals surface area contributed by atoms with Crippen LogP contribution in [0.1, 0.15) is 34.8 Å². The molecule has 1 aliphatic rings. The maximum atomic E-state index is 12.2. The van der Waals surface area contributed by atoms with Crippen molar-refractivity contribution in [1.29, 1.82) is 0 Å². The van der Waals surface area contributed by atoms with E-state index in [0.717, 1.165) is 30.2 Å². The molecule has 0 amide bonds. The summed E-state index contributed by atoms with van der Waals surface area (Å²) in [6.07, 6.45) is 4.84. The van der Waals surface area contributed by atoms with E-state index in [9.17, 15) is 4.79 Å². The van der Waals surface area contributed by atoms with Gasteiger partial charge in [0.05, 0.1) is 25.3 Å². The summed E-state index contributed by atoms with van der Waals surface area (Å²) in [6.45, 7) is 1.57. The first-order valence-corrected chi connectivity index (χ1v) is 8.96. The van der Waals surface area contributed by atoms with Crippen LogP contribution in [0, 0.1) is 0 Å². The number of carbonyl (C=O) groups is 1. The molecule has 0 bridgehead atoms. The number of benzene rings is 2. The zero-order valence-electron chi connectivity index (χ0n) is 15.7. The Morgan fingerprint density at radius 2 is 1.63 bits per heavy atom. The number of fused-ring (bicyclic) bond motifs is 2. The van der Waals surface area contributed by atoms with Crippen LogP contribution < -0.4 is 14.2 Å². The van der Waals surface area contributed by atoms with Crippen LogP contribution >= 0.6 is 0 Å². The second-order valence-electron chi connectivity index (χ2n) is 6.66. The Balaban J connectivity index is 1.83. The first-order chi connectivity index (χ1) is 13.1. The molecule has 1 aliphatic carbocycles. The van der Waals surface area contributed by atoms with Crippen LogP contribution in [0.25, 0.3) is 10.9 Å². The molecule has 5 nitrogen and oxygen atoms in total. The lowest BCUT2D eigenvalue weighted by Crippen LogP contribution is -2.00. The number of aromatic nitrogens is 1. The maximum Gasteiger partial charge on any atom is 0.163 e. The number of hydrogen-bond donors (Lipinski definition) is 0. The molecule has 0 aliphatic heterocycles. The lowest BCUT2D eigenvalue weighted by Gasteiger charge is -2.15. The first kappa shape index (κ1) is 17.3. The van der Waals surface area contributed by atoms with Crippen molar-refractivity contribution in [3.8, 4) is 23.0 Å². The number of Topliss-reactive ketones (excluding diaryl/α,β-unsaturated/α-hetero) is 1. The van der Waals surface area contributed by atoms with Gasteiger partial charge in [-0.15, -0.1) is 0 Å². The summed E-state index contributed by atoms with van der Waals surface area (Å²) in [4.78, 5) is 16.6. The van der Waals surface area contributed by atoms with E-state index in [1.807, 2.05) is 24.3 Å². The molecule has 0 spiro atoms. The molecule has 4 rings (SSSR count). The summed E-state index contributed by atoms with van der Waals surface area (Å²) in [5.41, 5.74) is 3.85. The highest BCUT2D eigenvalue weighted by Crippen LogP contribution is 2.39. The Morgan fingerprint density at radius 3 is 2.33 bits per heavy atom. The van der Waals surface area contributed by atoms with Crippen LogP contribution in [-0.4, -0.2) is 25.0 Å². The van der Waals surface area contributed by atoms with Crippen molar-refractivity contribution < 1.29 is 19.0 Å². The zero-order chi connectivity index (χ0) is 19.0. The lowest BCUT2D eigenvalue weighted by atomic mass is 10.0. The van der Waals surface area contributed by atoms with Crippen molar-refractivity contribution >= 4 is 16.7 Å². The summed E-state index contributed by atoms with van der Waals surface area (Å²) in [6, 6.07) is 9.44. The van der Waals surface area contributed by atoms with E-state index in [1.54, 1.807) is 33.4 Å². The maximum absolute atomic E-state index is 12.2. The van der Waals surface area contributed by atoms with Crippen LogP contribution in [0.3, 0.4) is 0 Å². The number of aryl methyl sites for hydroxylation is 2. The molecule has 27 heavy (non-hydrogen) atoms. The Bertz CT molecular complexity index is 1040. The van der Waals surface area contributed by atoms with Crippen molar-refractivity contribution in [2.24, 2.45) is 0 Å². The monoisotopic (exact) mass is 363 g/mol. The third-order valence-corrected chi connectivity index (χ3v) is 5.00. The second kappa shape index (κ2) is 6.91. The minimum atomic E-state index is -0.00249. The molecule has 1 heterocycles. The molecule has 1 aromatic heterocycles. The summed E-state index contributed by atoms with van der Waals surface area (Å²) in [5.74, 6) is 2.42. The van der Waals surface area contributed by atoms with E-state index in [2.05, 4.69) is 4.98 Å². The molecule has 138 valence electrons. The largest absolute Gasteiger partial charge is 0.493 e. The molecule has 0 fully saturated rings. The Labute approximate surface area is 157 Å². The Hall–Kier alpha value is -3.08. The molecule has 0 atom stereocenters. The van der Waals surface area contributed by atoms with E-state index >= 15 is 0 Å². The van der Waals surface area contributed by atoms with Gasteiger partial charge in [0.2, 0.25) is 0 Å². The van der Waals surface area contributed by atoms with Gasteiger partial charge in [-0.05, 0) is 61.6 Å². The van der Waals surface area contributed by atoms with Crippen molar-refractivity contribution in [3.63, 3.8) is 0 Å². The minimum Gasteiger partial charge on any atom is -0.493 e. The number of ketones is 1. The van der Waals surface area contributed by atoms with Crippen molar-refractivity contribution in [2.75, 3.05) is 14.2 Å². The fraction of sp³-hybridized carbons (Fsp3) is 0.273. The predicted octanol–water partition coefficient (Wildman–Crippen LogP) is 4.74. The van der Waals surface area contributed by atoms with Gasteiger partial charge in [-0.1, -0.05) is 0 Å². The zero-order valence-corrected chi connectivity index (χ0v) is 15.7. The number of hydrogen-bond acceptors (Lipinski definition) is 5. The van der Waals surface area contributed by atoms with Gasteiger partial charge in [-0.3, -0.25) is 9.78 Å². The number of carbonyl (C=O) groups excluding carboxylic acids is 1. The summed E-state index contributed by atoms with van der Waals surface area (Å²) in [7, 11) is 3.18. The molecular weight excluding hydrogens is 342 g/mol. The minimum absolute atomic E-state index is 0.00249. The van der Waals surface area contributed by atoms with E-state index in [0.29, 0.717) is 28.6 Å². The number of rotatable bonds is 5. The topological polar surface area (TPSA) is 57.7 Å². The number of pyridine rings is 1. The molecular formula is C22H21NO4. The normalized spacial score (nSPS) is 12.7. The van der Waals surface area contributed by atoms with Gasteiger partial charge in [-0.25, -0.2) is 0 Å². The van der Waals surface area contributed by atoms with E-state index in [-0.39, 0.29) is 5.78 Å². The van der Waals surface area contributed by atoms with Gasteiger partial charge in [-0.2, -0.15) is 0 Å².